The van der Waals surface area contributed by atoms with Crippen LogP contribution in [0.2, 0.25) is 0 Å². The molecule has 0 amide bonds. The molecule has 2 N–H and O–H groups in total. The lowest BCUT2D eigenvalue weighted by Gasteiger charge is -2.19. The van der Waals surface area contributed by atoms with Crippen LogP contribution >= 0.6 is 0 Å². The Kier molecular flexibility index (Phi) is 4.21. The van der Waals surface area contributed by atoms with Gasteiger partial charge in [-0.15, -0.1) is 0 Å². The number of hydrogen-bond acceptors (Lipinski definition) is 4. The summed E-state index contributed by atoms with van der Waals surface area (Å²) >= 11 is 0. The zero-order valence-electron chi connectivity index (χ0n) is 14.4. The molecule has 136 valence electrons. The number of hydrogen-bond donors (Lipinski definition) is 2. The van der Waals surface area contributed by atoms with Crippen LogP contribution in [0.1, 0.15) is 31.9 Å². The third-order valence-corrected chi connectivity index (χ3v) is 3.97. The van der Waals surface area contributed by atoms with E-state index in [1.165, 1.54) is 6.07 Å². The van der Waals surface area contributed by atoms with E-state index in [4.69, 9.17) is 0 Å². The predicted octanol–water partition coefficient (Wildman–Crippen LogP) is 4.56. The van der Waals surface area contributed by atoms with Crippen molar-refractivity contribution in [1.82, 2.24) is 20.2 Å². The Balaban J connectivity index is 2.08. The summed E-state index contributed by atoms with van der Waals surface area (Å²) in [6, 6.07) is 5.94. The van der Waals surface area contributed by atoms with Gasteiger partial charge in [-0.2, -0.15) is 18.3 Å². The van der Waals surface area contributed by atoms with Gasteiger partial charge in [0.2, 0.25) is 0 Å². The Morgan fingerprint density at radius 1 is 1.04 bits per heavy atom. The number of H-pyrrole nitrogens is 1. The first-order chi connectivity index (χ1) is 12.1. The minimum Gasteiger partial charge on any atom is -0.507 e. The first kappa shape index (κ1) is 17.9. The summed E-state index contributed by atoms with van der Waals surface area (Å²) in [4.78, 5) is 7.88. The smallest absolute Gasteiger partial charge is 0.417 e. The van der Waals surface area contributed by atoms with Crippen molar-refractivity contribution >= 4 is 0 Å². The summed E-state index contributed by atoms with van der Waals surface area (Å²) in [6.07, 6.45) is -2.41. The Bertz CT molecular complexity index is 942. The van der Waals surface area contributed by atoms with E-state index in [1.807, 2.05) is 20.8 Å². The van der Waals surface area contributed by atoms with Crippen LogP contribution in [0.4, 0.5) is 13.2 Å². The van der Waals surface area contributed by atoms with Gasteiger partial charge in [0.1, 0.15) is 5.75 Å². The molecule has 0 spiro atoms. The molecular weight excluding hydrogens is 345 g/mol. The number of pyridine rings is 1. The highest BCUT2D eigenvalue weighted by atomic mass is 19.4. The second kappa shape index (κ2) is 6.12. The van der Waals surface area contributed by atoms with Crippen molar-refractivity contribution in [3.8, 4) is 28.5 Å². The van der Waals surface area contributed by atoms with E-state index in [1.54, 1.807) is 12.1 Å². The third-order valence-electron chi connectivity index (χ3n) is 3.97. The molecule has 0 fully saturated rings. The van der Waals surface area contributed by atoms with E-state index in [0.717, 1.165) is 24.0 Å². The molecule has 0 aliphatic rings. The SMILES string of the molecule is CC(C)(C)c1ccc(O)c(-c2nc(-c3cnccc3C(F)(F)F)n[nH]2)c1. The van der Waals surface area contributed by atoms with Crippen molar-refractivity contribution in [1.29, 1.82) is 0 Å². The number of phenolic OH excluding ortho intramolecular Hbond substituents is 1. The van der Waals surface area contributed by atoms with Gasteiger partial charge in [-0.25, -0.2) is 4.98 Å². The maximum absolute atomic E-state index is 13.2. The van der Waals surface area contributed by atoms with E-state index in [0.29, 0.717) is 5.56 Å². The molecule has 3 aromatic rings. The fourth-order valence-corrected chi connectivity index (χ4v) is 2.51. The van der Waals surface area contributed by atoms with Crippen LogP contribution < -0.4 is 0 Å². The van der Waals surface area contributed by atoms with Gasteiger partial charge >= 0.3 is 6.18 Å². The van der Waals surface area contributed by atoms with Crippen molar-refractivity contribution < 1.29 is 18.3 Å². The molecule has 1 aromatic carbocycles. The summed E-state index contributed by atoms with van der Waals surface area (Å²) in [7, 11) is 0. The lowest BCUT2D eigenvalue weighted by atomic mass is 9.86. The van der Waals surface area contributed by atoms with Crippen LogP contribution in [0.5, 0.6) is 5.75 Å². The van der Waals surface area contributed by atoms with Gasteiger partial charge in [0.05, 0.1) is 16.7 Å². The molecule has 0 saturated heterocycles. The molecular formula is C18H17F3N4O. The monoisotopic (exact) mass is 362 g/mol. The summed E-state index contributed by atoms with van der Waals surface area (Å²) in [5.74, 6) is 0.00416. The molecule has 0 atom stereocenters. The van der Waals surface area contributed by atoms with Crippen LogP contribution in [0, 0.1) is 0 Å². The summed E-state index contributed by atoms with van der Waals surface area (Å²) in [5.41, 5.74) is 0.0480. The van der Waals surface area contributed by atoms with Crippen molar-refractivity contribution in [2.24, 2.45) is 0 Å². The first-order valence-electron chi connectivity index (χ1n) is 7.85. The standard InChI is InChI=1S/C18H17F3N4O/c1-17(2,3)10-4-5-14(26)11(8-10)15-23-16(25-24-15)12-9-22-7-6-13(12)18(19,20)21/h4-9,26H,1-3H3,(H,23,24,25). The van der Waals surface area contributed by atoms with Crippen LogP contribution in [0.25, 0.3) is 22.8 Å². The topological polar surface area (TPSA) is 74.7 Å². The molecule has 0 radical (unpaired) electrons. The average molecular weight is 362 g/mol. The van der Waals surface area contributed by atoms with E-state index < -0.39 is 11.7 Å². The predicted molar refractivity (Wildman–Crippen MR) is 90.4 cm³/mol. The molecule has 0 saturated carbocycles. The number of aromatic nitrogens is 4. The normalized spacial score (nSPS) is 12.4. The molecule has 2 heterocycles. The van der Waals surface area contributed by atoms with Gasteiger partial charge in [-0.05, 0) is 29.2 Å². The Morgan fingerprint density at radius 2 is 1.77 bits per heavy atom. The van der Waals surface area contributed by atoms with Gasteiger partial charge in [0.25, 0.3) is 0 Å². The zero-order chi connectivity index (χ0) is 19.1. The van der Waals surface area contributed by atoms with Crippen molar-refractivity contribution in [3.05, 3.63) is 47.8 Å². The van der Waals surface area contributed by atoms with Gasteiger partial charge in [-0.1, -0.05) is 26.8 Å². The maximum Gasteiger partial charge on any atom is 0.417 e. The molecule has 5 nitrogen and oxygen atoms in total. The van der Waals surface area contributed by atoms with E-state index >= 15 is 0 Å². The number of alkyl halides is 3. The van der Waals surface area contributed by atoms with E-state index in [9.17, 15) is 18.3 Å². The number of benzene rings is 1. The van der Waals surface area contributed by atoms with Gasteiger partial charge < -0.3 is 5.11 Å². The second-order valence-electron chi connectivity index (χ2n) is 6.91. The van der Waals surface area contributed by atoms with Gasteiger partial charge in [0.15, 0.2) is 11.6 Å². The Morgan fingerprint density at radius 3 is 2.42 bits per heavy atom. The minimum absolute atomic E-state index is 0.0390. The molecule has 0 aliphatic carbocycles. The van der Waals surface area contributed by atoms with Crippen LogP contribution in [0.15, 0.2) is 36.7 Å². The van der Waals surface area contributed by atoms with Gasteiger partial charge in [0, 0.05) is 12.4 Å². The molecule has 8 heteroatoms. The molecule has 2 aromatic heterocycles. The molecule has 0 aliphatic heterocycles. The molecule has 26 heavy (non-hydrogen) atoms. The van der Waals surface area contributed by atoms with Crippen molar-refractivity contribution in [3.63, 3.8) is 0 Å². The summed E-state index contributed by atoms with van der Waals surface area (Å²) in [5, 5.41) is 16.6. The number of rotatable bonds is 2. The van der Waals surface area contributed by atoms with Gasteiger partial charge in [-0.3, -0.25) is 10.1 Å². The third kappa shape index (κ3) is 3.40. The fraction of sp³-hybridized carbons (Fsp3) is 0.278. The number of halogens is 3. The van der Waals surface area contributed by atoms with Crippen molar-refractivity contribution in [2.75, 3.05) is 0 Å². The van der Waals surface area contributed by atoms with E-state index in [-0.39, 0.29) is 28.4 Å². The minimum atomic E-state index is -4.55. The lowest BCUT2D eigenvalue weighted by Crippen LogP contribution is -2.10. The highest BCUT2D eigenvalue weighted by molar-refractivity contribution is 5.68. The first-order valence-corrected chi connectivity index (χ1v) is 7.85. The van der Waals surface area contributed by atoms with Crippen LogP contribution in [-0.2, 0) is 11.6 Å². The number of phenols is 1. The lowest BCUT2D eigenvalue weighted by molar-refractivity contribution is -0.137. The maximum atomic E-state index is 13.2. The number of nitrogens with zero attached hydrogens (tertiary/aromatic N) is 3. The quantitative estimate of drug-likeness (QED) is 0.701. The Hall–Kier alpha value is -2.90. The number of aromatic amines is 1. The summed E-state index contributed by atoms with van der Waals surface area (Å²) in [6.45, 7) is 6.04. The summed E-state index contributed by atoms with van der Waals surface area (Å²) < 4.78 is 39.5. The molecule has 0 bridgehead atoms. The highest BCUT2D eigenvalue weighted by Gasteiger charge is 2.34. The average Bonchev–Trinajstić information content (AvgIpc) is 3.03. The number of nitrogens with one attached hydrogen (secondary N) is 1. The van der Waals surface area contributed by atoms with E-state index in [2.05, 4.69) is 20.2 Å². The zero-order valence-corrected chi connectivity index (χ0v) is 14.4. The molecule has 0 unspecified atom stereocenters. The van der Waals surface area contributed by atoms with Crippen LogP contribution in [-0.4, -0.2) is 25.3 Å². The number of aromatic hydroxyl groups is 1. The molecule has 3 rings (SSSR count). The van der Waals surface area contributed by atoms with Crippen molar-refractivity contribution in [2.45, 2.75) is 32.4 Å². The largest absolute Gasteiger partial charge is 0.507 e. The fourth-order valence-electron chi connectivity index (χ4n) is 2.51. The highest BCUT2D eigenvalue weighted by Crippen LogP contribution is 2.37. The van der Waals surface area contributed by atoms with Crippen LogP contribution in [0.3, 0.4) is 0 Å². The Labute approximate surface area is 147 Å². The second-order valence-corrected chi connectivity index (χ2v) is 6.91.